The Labute approximate surface area is 119 Å². The van der Waals surface area contributed by atoms with Crippen molar-refractivity contribution in [3.63, 3.8) is 0 Å². The number of alkyl halides is 1. The maximum Gasteiger partial charge on any atom is 0.0159 e. The van der Waals surface area contributed by atoms with Gasteiger partial charge in [0.15, 0.2) is 0 Å². The van der Waals surface area contributed by atoms with Crippen LogP contribution in [0.15, 0.2) is 24.3 Å². The lowest BCUT2D eigenvalue weighted by atomic mass is 9.82. The van der Waals surface area contributed by atoms with Crippen molar-refractivity contribution in [1.29, 1.82) is 0 Å². The molecule has 1 fully saturated rings. The highest BCUT2D eigenvalue weighted by molar-refractivity contribution is 9.09. The molecule has 0 N–H and O–H groups in total. The summed E-state index contributed by atoms with van der Waals surface area (Å²) in [5.41, 5.74) is 3.23. The first-order valence-electron chi connectivity index (χ1n) is 7.26. The van der Waals surface area contributed by atoms with Gasteiger partial charge in [0.25, 0.3) is 0 Å². The zero-order chi connectivity index (χ0) is 12.4. The number of hydrogen-bond acceptors (Lipinski definition) is 1. The fourth-order valence-corrected chi connectivity index (χ4v) is 3.75. The lowest BCUT2D eigenvalue weighted by Gasteiger charge is -2.31. The fourth-order valence-electron chi connectivity index (χ4n) is 3.30. The molecule has 0 saturated heterocycles. The van der Waals surface area contributed by atoms with Gasteiger partial charge in [0.2, 0.25) is 0 Å². The van der Waals surface area contributed by atoms with Crippen molar-refractivity contribution in [3.8, 4) is 0 Å². The predicted octanol–water partition coefficient (Wildman–Crippen LogP) is 3.97. The molecule has 0 aliphatic heterocycles. The topological polar surface area (TPSA) is 3.24 Å². The van der Waals surface area contributed by atoms with Gasteiger partial charge in [-0.25, -0.2) is 0 Å². The van der Waals surface area contributed by atoms with E-state index in [1.165, 1.54) is 45.2 Å². The smallest absolute Gasteiger partial charge is 0.0159 e. The number of benzene rings is 1. The van der Waals surface area contributed by atoms with Crippen molar-refractivity contribution in [2.75, 3.05) is 18.4 Å². The van der Waals surface area contributed by atoms with Crippen molar-refractivity contribution < 1.29 is 0 Å². The van der Waals surface area contributed by atoms with Crippen LogP contribution in [0.4, 0.5) is 0 Å². The van der Waals surface area contributed by atoms with Gasteiger partial charge in [-0.15, -0.1) is 0 Å². The van der Waals surface area contributed by atoms with Crippen molar-refractivity contribution in [2.45, 2.75) is 44.1 Å². The van der Waals surface area contributed by atoms with Crippen molar-refractivity contribution in [2.24, 2.45) is 0 Å². The Kier molecular flexibility index (Phi) is 4.05. The van der Waals surface area contributed by atoms with Crippen LogP contribution in [-0.2, 0) is 6.42 Å². The summed E-state index contributed by atoms with van der Waals surface area (Å²) in [7, 11) is 0. The molecule has 1 nitrogen and oxygen atoms in total. The van der Waals surface area contributed by atoms with E-state index in [9.17, 15) is 0 Å². The molecule has 0 radical (unpaired) electrons. The van der Waals surface area contributed by atoms with Crippen molar-refractivity contribution in [3.05, 3.63) is 35.4 Å². The van der Waals surface area contributed by atoms with E-state index in [2.05, 4.69) is 45.1 Å². The number of fused-ring (bicyclic) bond motifs is 1. The molecule has 0 aromatic heterocycles. The SMILES string of the molecule is BrCCN(CC1CCCc2ccccc21)C1CC1. The van der Waals surface area contributed by atoms with E-state index >= 15 is 0 Å². The van der Waals surface area contributed by atoms with Crippen molar-refractivity contribution >= 4 is 15.9 Å². The van der Waals surface area contributed by atoms with Gasteiger partial charge in [0.05, 0.1) is 0 Å². The lowest BCUT2D eigenvalue weighted by Crippen LogP contribution is -2.33. The number of halogens is 1. The normalized spacial score (nSPS) is 23.1. The Bertz CT molecular complexity index is 400. The molecule has 1 aromatic carbocycles. The van der Waals surface area contributed by atoms with Gasteiger partial charge < -0.3 is 0 Å². The second-order valence-corrected chi connectivity index (χ2v) is 6.50. The van der Waals surface area contributed by atoms with Crippen LogP contribution >= 0.6 is 15.9 Å². The number of nitrogens with zero attached hydrogens (tertiary/aromatic N) is 1. The maximum absolute atomic E-state index is 3.60. The average molecular weight is 308 g/mol. The van der Waals surface area contributed by atoms with E-state index in [4.69, 9.17) is 0 Å². The number of aryl methyl sites for hydroxylation is 1. The maximum atomic E-state index is 3.60. The van der Waals surface area contributed by atoms with E-state index < -0.39 is 0 Å². The zero-order valence-corrected chi connectivity index (χ0v) is 12.5. The second-order valence-electron chi connectivity index (χ2n) is 5.70. The van der Waals surface area contributed by atoms with Gasteiger partial charge in [0.1, 0.15) is 0 Å². The Hall–Kier alpha value is -0.340. The van der Waals surface area contributed by atoms with Crippen LogP contribution in [0.5, 0.6) is 0 Å². The van der Waals surface area contributed by atoms with Crippen LogP contribution in [0.1, 0.15) is 42.7 Å². The molecular formula is C16H22BrN. The molecule has 0 heterocycles. The molecule has 0 spiro atoms. The standard InChI is InChI=1S/C16H22BrN/c17-10-11-18(15-8-9-15)12-14-6-3-5-13-4-1-2-7-16(13)14/h1-2,4,7,14-15H,3,5-6,8-12H2. The Balaban J connectivity index is 1.72. The van der Waals surface area contributed by atoms with Gasteiger partial charge in [-0.3, -0.25) is 4.90 Å². The van der Waals surface area contributed by atoms with E-state index in [1.54, 1.807) is 11.1 Å². The van der Waals surface area contributed by atoms with Gasteiger partial charge in [-0.2, -0.15) is 0 Å². The molecule has 2 aliphatic carbocycles. The highest BCUT2D eigenvalue weighted by atomic mass is 79.9. The van der Waals surface area contributed by atoms with E-state index in [-0.39, 0.29) is 0 Å². The van der Waals surface area contributed by atoms with E-state index in [1.807, 2.05) is 0 Å². The number of rotatable bonds is 5. The van der Waals surface area contributed by atoms with Gasteiger partial charge in [-0.05, 0) is 49.1 Å². The quantitative estimate of drug-likeness (QED) is 0.744. The minimum Gasteiger partial charge on any atom is -0.299 e. The van der Waals surface area contributed by atoms with E-state index in [0.717, 1.165) is 17.3 Å². The minimum atomic E-state index is 0.773. The molecule has 0 bridgehead atoms. The zero-order valence-electron chi connectivity index (χ0n) is 10.9. The second kappa shape index (κ2) is 5.75. The third-order valence-corrected chi connectivity index (χ3v) is 4.74. The number of hydrogen-bond donors (Lipinski definition) is 0. The molecule has 1 aromatic rings. The first-order chi connectivity index (χ1) is 8.88. The molecule has 2 heteroatoms. The van der Waals surface area contributed by atoms with Crippen LogP contribution < -0.4 is 0 Å². The largest absolute Gasteiger partial charge is 0.299 e. The van der Waals surface area contributed by atoms with Crippen LogP contribution in [0, 0.1) is 0 Å². The third-order valence-electron chi connectivity index (χ3n) is 4.38. The van der Waals surface area contributed by atoms with E-state index in [0.29, 0.717) is 0 Å². The molecule has 18 heavy (non-hydrogen) atoms. The summed E-state index contributed by atoms with van der Waals surface area (Å²) in [5.74, 6) is 0.773. The van der Waals surface area contributed by atoms with Crippen LogP contribution in [0.3, 0.4) is 0 Å². The molecule has 1 unspecified atom stereocenters. The highest BCUT2D eigenvalue weighted by Crippen LogP contribution is 2.35. The summed E-state index contributed by atoms with van der Waals surface area (Å²) in [6.07, 6.45) is 6.87. The summed E-state index contributed by atoms with van der Waals surface area (Å²) in [5, 5.41) is 1.11. The van der Waals surface area contributed by atoms with Gasteiger partial charge in [0, 0.05) is 24.5 Å². The molecule has 3 rings (SSSR count). The summed E-state index contributed by atoms with van der Waals surface area (Å²) in [6, 6.07) is 9.98. The Morgan fingerprint density at radius 1 is 1.17 bits per heavy atom. The molecule has 98 valence electrons. The molecule has 1 atom stereocenters. The van der Waals surface area contributed by atoms with Gasteiger partial charge in [-0.1, -0.05) is 40.2 Å². The third kappa shape index (κ3) is 2.80. The minimum absolute atomic E-state index is 0.773. The van der Waals surface area contributed by atoms with Gasteiger partial charge >= 0.3 is 0 Å². The average Bonchev–Trinajstić information content (AvgIpc) is 3.23. The summed E-state index contributed by atoms with van der Waals surface area (Å²) >= 11 is 3.60. The molecule has 1 saturated carbocycles. The Morgan fingerprint density at radius 3 is 2.78 bits per heavy atom. The molecule has 0 amide bonds. The highest BCUT2D eigenvalue weighted by Gasteiger charge is 2.31. The first-order valence-corrected chi connectivity index (χ1v) is 8.38. The summed E-state index contributed by atoms with van der Waals surface area (Å²) in [4.78, 5) is 2.71. The molecular weight excluding hydrogens is 286 g/mol. The lowest BCUT2D eigenvalue weighted by molar-refractivity contribution is 0.252. The van der Waals surface area contributed by atoms with Crippen LogP contribution in [0.25, 0.3) is 0 Å². The first kappa shape index (κ1) is 12.7. The van der Waals surface area contributed by atoms with Crippen LogP contribution in [-0.4, -0.2) is 29.4 Å². The summed E-state index contributed by atoms with van der Waals surface area (Å²) in [6.45, 7) is 2.48. The van der Waals surface area contributed by atoms with Crippen LogP contribution in [0.2, 0.25) is 0 Å². The summed E-state index contributed by atoms with van der Waals surface area (Å²) < 4.78 is 0. The monoisotopic (exact) mass is 307 g/mol. The molecule has 2 aliphatic rings. The Morgan fingerprint density at radius 2 is 2.00 bits per heavy atom. The predicted molar refractivity (Wildman–Crippen MR) is 80.5 cm³/mol. The fraction of sp³-hybridized carbons (Fsp3) is 0.625. The van der Waals surface area contributed by atoms with Crippen molar-refractivity contribution in [1.82, 2.24) is 4.90 Å².